The number of thiophene rings is 1. The molecule has 0 aromatic carbocycles. The number of thiol groups is 1. The van der Waals surface area contributed by atoms with Crippen LogP contribution in [0, 0.1) is 6.92 Å². The van der Waals surface area contributed by atoms with Gasteiger partial charge in [-0.3, -0.25) is 9.59 Å². The van der Waals surface area contributed by atoms with Crippen molar-refractivity contribution < 1.29 is 24.2 Å². The molecule has 0 saturated heterocycles. The van der Waals surface area contributed by atoms with Crippen molar-refractivity contribution in [2.75, 3.05) is 12.9 Å². The molecule has 0 aliphatic rings. The Labute approximate surface area is 143 Å². The second-order valence-corrected chi connectivity index (χ2v) is 6.80. The van der Waals surface area contributed by atoms with Crippen LogP contribution in [0.2, 0.25) is 0 Å². The van der Waals surface area contributed by atoms with E-state index in [9.17, 15) is 14.4 Å². The van der Waals surface area contributed by atoms with Crippen LogP contribution in [0.25, 0.3) is 0 Å². The summed E-state index contributed by atoms with van der Waals surface area (Å²) in [7, 11) is 1.21. The van der Waals surface area contributed by atoms with Crippen molar-refractivity contribution in [3.8, 4) is 0 Å². The molecule has 1 aromatic heterocycles. The number of aliphatic carboxylic acids is 1. The van der Waals surface area contributed by atoms with E-state index in [-0.39, 0.29) is 12.2 Å². The average Bonchev–Trinajstić information content (AvgIpc) is 2.89. The van der Waals surface area contributed by atoms with Crippen LogP contribution in [-0.4, -0.2) is 47.4 Å². The number of carbonyl (C=O) groups is 3. The maximum absolute atomic E-state index is 12.2. The highest BCUT2D eigenvalue weighted by Gasteiger charge is 2.41. The molecule has 0 radical (unpaired) electrons. The molecule has 7 nitrogen and oxygen atoms in total. The lowest BCUT2D eigenvalue weighted by Gasteiger charge is -2.31. The lowest BCUT2D eigenvalue weighted by atomic mass is 9.95. The minimum atomic E-state index is -1.40. The summed E-state index contributed by atoms with van der Waals surface area (Å²) >= 11 is 5.66. The van der Waals surface area contributed by atoms with E-state index in [0.29, 0.717) is 0 Å². The zero-order chi connectivity index (χ0) is 17.6. The summed E-state index contributed by atoms with van der Waals surface area (Å²) in [6.07, 6.45) is -0.346. The van der Waals surface area contributed by atoms with Gasteiger partial charge >= 0.3 is 11.9 Å². The van der Waals surface area contributed by atoms with Crippen LogP contribution in [0.4, 0.5) is 0 Å². The summed E-state index contributed by atoms with van der Waals surface area (Å²) in [5, 5.41) is 11.2. The molecule has 2 atom stereocenters. The molecule has 1 amide bonds. The maximum atomic E-state index is 12.2. The number of rotatable bonds is 8. The first-order valence-corrected chi connectivity index (χ1v) is 8.23. The molecule has 0 spiro atoms. The number of carbonyl (C=O) groups excluding carboxylic acids is 2. The van der Waals surface area contributed by atoms with Crippen LogP contribution in [0.5, 0.6) is 0 Å². The quantitative estimate of drug-likeness (QED) is 0.393. The van der Waals surface area contributed by atoms with Gasteiger partial charge in [0.15, 0.2) is 5.54 Å². The van der Waals surface area contributed by atoms with E-state index in [0.717, 1.165) is 9.75 Å². The summed E-state index contributed by atoms with van der Waals surface area (Å²) in [5.41, 5.74) is 4.15. The third kappa shape index (κ3) is 5.22. The Balaban J connectivity index is 3.01. The number of ether oxygens (including phenoxy) is 1. The van der Waals surface area contributed by atoms with Gasteiger partial charge < -0.3 is 20.9 Å². The van der Waals surface area contributed by atoms with Crippen LogP contribution < -0.4 is 11.1 Å². The van der Waals surface area contributed by atoms with Gasteiger partial charge in [0.25, 0.3) is 0 Å². The molecule has 1 heterocycles. The highest BCUT2D eigenvalue weighted by molar-refractivity contribution is 7.80. The van der Waals surface area contributed by atoms with Crippen LogP contribution >= 0.6 is 24.0 Å². The molecule has 0 unspecified atom stereocenters. The van der Waals surface area contributed by atoms with Crippen LogP contribution in [0.3, 0.4) is 0 Å². The van der Waals surface area contributed by atoms with Gasteiger partial charge in [-0.15, -0.1) is 11.3 Å². The number of amides is 1. The van der Waals surface area contributed by atoms with Crippen LogP contribution in [-0.2, 0) is 25.5 Å². The fraction of sp³-hybridized carbons (Fsp3) is 0.500. The molecular formula is C14H20N2O5S2. The molecule has 128 valence electrons. The molecule has 0 saturated carbocycles. The van der Waals surface area contributed by atoms with Crippen molar-refractivity contribution in [2.24, 2.45) is 5.73 Å². The molecule has 0 bridgehead atoms. The fourth-order valence-electron chi connectivity index (χ4n) is 2.01. The Kier molecular flexibility index (Phi) is 7.04. The van der Waals surface area contributed by atoms with Gasteiger partial charge in [-0.1, -0.05) is 0 Å². The first-order chi connectivity index (χ1) is 10.7. The van der Waals surface area contributed by atoms with Crippen LogP contribution in [0.15, 0.2) is 12.1 Å². The normalized spacial score (nSPS) is 14.6. The van der Waals surface area contributed by atoms with Gasteiger partial charge in [0.1, 0.15) is 0 Å². The van der Waals surface area contributed by atoms with E-state index in [4.69, 9.17) is 15.6 Å². The number of hydrogen-bond acceptors (Lipinski definition) is 7. The highest BCUT2D eigenvalue weighted by atomic mass is 32.1. The molecular weight excluding hydrogens is 340 g/mol. The lowest BCUT2D eigenvalue weighted by Crippen LogP contribution is -2.61. The number of aryl methyl sites for hydroxylation is 1. The zero-order valence-electron chi connectivity index (χ0n) is 12.9. The fourth-order valence-corrected chi connectivity index (χ4v) is 3.33. The van der Waals surface area contributed by atoms with Gasteiger partial charge in [0, 0.05) is 21.9 Å². The number of nitrogens with two attached hydrogens (primary N) is 1. The average molecular weight is 360 g/mol. The van der Waals surface area contributed by atoms with E-state index in [2.05, 4.69) is 17.9 Å². The Hall–Kier alpha value is -1.58. The van der Waals surface area contributed by atoms with Crippen molar-refractivity contribution in [3.63, 3.8) is 0 Å². The van der Waals surface area contributed by atoms with Gasteiger partial charge in [-0.25, -0.2) is 4.79 Å². The Bertz CT molecular complexity index is 589. The predicted molar refractivity (Wildman–Crippen MR) is 89.7 cm³/mol. The number of esters is 1. The minimum Gasteiger partial charge on any atom is -0.481 e. The summed E-state index contributed by atoms with van der Waals surface area (Å²) < 4.78 is 4.79. The number of carboxylic acids is 1. The first kappa shape index (κ1) is 19.5. The van der Waals surface area contributed by atoms with Gasteiger partial charge in [0.05, 0.1) is 19.6 Å². The third-order valence-electron chi connectivity index (χ3n) is 3.21. The molecule has 0 aliphatic carbocycles. The van der Waals surface area contributed by atoms with Crippen LogP contribution in [0.1, 0.15) is 16.2 Å². The third-order valence-corrected chi connectivity index (χ3v) is 4.75. The molecule has 1 rings (SSSR count). The van der Waals surface area contributed by atoms with E-state index in [1.54, 1.807) is 0 Å². The maximum Gasteiger partial charge on any atom is 0.332 e. The largest absolute Gasteiger partial charge is 0.481 e. The van der Waals surface area contributed by atoms with Crippen molar-refractivity contribution in [1.29, 1.82) is 0 Å². The molecule has 0 aliphatic heterocycles. The van der Waals surface area contributed by atoms with Crippen molar-refractivity contribution in [1.82, 2.24) is 5.32 Å². The lowest BCUT2D eigenvalue weighted by molar-refractivity contribution is -0.150. The summed E-state index contributed by atoms with van der Waals surface area (Å²) in [5.74, 6) is -2.60. The predicted octanol–water partition coefficient (Wildman–Crippen LogP) is 0.359. The van der Waals surface area contributed by atoms with E-state index >= 15 is 0 Å². The second-order valence-electron chi connectivity index (χ2n) is 5.11. The minimum absolute atomic E-state index is 0.0118. The molecule has 1 aromatic rings. The number of hydrogen-bond donors (Lipinski definition) is 4. The van der Waals surface area contributed by atoms with E-state index in [1.165, 1.54) is 18.4 Å². The van der Waals surface area contributed by atoms with Crippen molar-refractivity contribution in [2.45, 2.75) is 31.3 Å². The SMILES string of the molecule is COC(=O)[C@](CS)(Cc1ccc(C)s1)NC(=O)[C@@H](N)CC(=O)O. The Morgan fingerprint density at radius 1 is 1.48 bits per heavy atom. The summed E-state index contributed by atoms with van der Waals surface area (Å²) in [4.78, 5) is 36.9. The number of carboxylic acid groups (broad SMARTS) is 1. The van der Waals surface area contributed by atoms with Crippen molar-refractivity contribution in [3.05, 3.63) is 21.9 Å². The standard InChI is InChI=1S/C14H20N2O5S2/c1-8-3-4-9(23-8)6-14(7-22,13(20)21-2)16-12(19)10(15)5-11(17)18/h3-4,10,22H,5-7,15H2,1-2H3,(H,16,19)(H,17,18)/t10-,14+/m0/s1. The highest BCUT2D eigenvalue weighted by Crippen LogP contribution is 2.23. The molecule has 4 N–H and O–H groups in total. The summed E-state index contributed by atoms with van der Waals surface area (Å²) in [6, 6.07) is 2.49. The zero-order valence-corrected chi connectivity index (χ0v) is 14.6. The topological polar surface area (TPSA) is 119 Å². The number of nitrogens with one attached hydrogen (secondary N) is 1. The van der Waals surface area contributed by atoms with E-state index < -0.39 is 35.8 Å². The summed E-state index contributed by atoms with van der Waals surface area (Å²) in [6.45, 7) is 1.93. The smallest absolute Gasteiger partial charge is 0.332 e. The monoisotopic (exact) mass is 360 g/mol. The molecule has 0 fully saturated rings. The first-order valence-electron chi connectivity index (χ1n) is 6.78. The van der Waals surface area contributed by atoms with Crippen molar-refractivity contribution >= 4 is 41.8 Å². The van der Waals surface area contributed by atoms with E-state index in [1.807, 2.05) is 19.1 Å². The number of methoxy groups -OCH3 is 1. The molecule has 23 heavy (non-hydrogen) atoms. The van der Waals surface area contributed by atoms with Gasteiger partial charge in [0.2, 0.25) is 5.91 Å². The van der Waals surface area contributed by atoms with Gasteiger partial charge in [-0.05, 0) is 19.1 Å². The van der Waals surface area contributed by atoms with Gasteiger partial charge in [-0.2, -0.15) is 12.6 Å². The Morgan fingerprint density at radius 3 is 2.57 bits per heavy atom. The molecule has 9 heteroatoms. The Morgan fingerprint density at radius 2 is 2.13 bits per heavy atom. The second kappa shape index (κ2) is 8.32.